The van der Waals surface area contributed by atoms with E-state index in [0.29, 0.717) is 13.0 Å². The van der Waals surface area contributed by atoms with Crippen LogP contribution in [0.2, 0.25) is 0 Å². The standard InChI is InChI=1S/C12H15NO5S/c14-12(15)10-4-1-2-5-11(10)18-8-7-13-6-3-9-19(13,16)17/h1-2,4-5H,3,6-9H2,(H,14,15). The molecule has 0 amide bonds. The van der Waals surface area contributed by atoms with Crippen molar-refractivity contribution in [3.63, 3.8) is 0 Å². The number of carboxylic acid groups (broad SMARTS) is 1. The minimum absolute atomic E-state index is 0.0757. The predicted octanol–water partition coefficient (Wildman–Crippen LogP) is 0.799. The Kier molecular flexibility index (Phi) is 4.06. The largest absolute Gasteiger partial charge is 0.491 e. The molecule has 19 heavy (non-hydrogen) atoms. The third kappa shape index (κ3) is 3.24. The number of carbonyl (C=O) groups is 1. The van der Waals surface area contributed by atoms with Gasteiger partial charge in [0.05, 0.1) is 5.75 Å². The highest BCUT2D eigenvalue weighted by molar-refractivity contribution is 7.89. The van der Waals surface area contributed by atoms with E-state index in [-0.39, 0.29) is 30.2 Å². The second-order valence-corrected chi connectivity index (χ2v) is 6.31. The summed E-state index contributed by atoms with van der Waals surface area (Å²) >= 11 is 0. The van der Waals surface area contributed by atoms with Crippen LogP contribution in [0.25, 0.3) is 0 Å². The monoisotopic (exact) mass is 285 g/mol. The van der Waals surface area contributed by atoms with Crippen LogP contribution in [0, 0.1) is 0 Å². The number of hydrogen-bond donors (Lipinski definition) is 1. The van der Waals surface area contributed by atoms with Crippen LogP contribution >= 0.6 is 0 Å². The number of rotatable bonds is 5. The molecule has 0 unspecified atom stereocenters. The Morgan fingerprint density at radius 3 is 2.74 bits per heavy atom. The van der Waals surface area contributed by atoms with Gasteiger partial charge in [-0.1, -0.05) is 12.1 Å². The maximum atomic E-state index is 11.6. The number of carboxylic acids is 1. The van der Waals surface area contributed by atoms with Crippen molar-refractivity contribution in [1.29, 1.82) is 0 Å². The van der Waals surface area contributed by atoms with E-state index in [1.54, 1.807) is 18.2 Å². The number of nitrogens with zero attached hydrogens (tertiary/aromatic N) is 1. The van der Waals surface area contributed by atoms with E-state index in [1.807, 2.05) is 0 Å². The number of para-hydroxylation sites is 1. The maximum Gasteiger partial charge on any atom is 0.339 e. The average Bonchev–Trinajstić information content (AvgIpc) is 2.69. The number of benzene rings is 1. The third-order valence-corrected chi connectivity index (χ3v) is 4.88. The molecule has 1 N–H and O–H groups in total. The van der Waals surface area contributed by atoms with Gasteiger partial charge in [-0.15, -0.1) is 0 Å². The number of sulfonamides is 1. The highest BCUT2D eigenvalue weighted by atomic mass is 32.2. The van der Waals surface area contributed by atoms with Crippen molar-refractivity contribution in [2.45, 2.75) is 6.42 Å². The van der Waals surface area contributed by atoms with Crippen LogP contribution in [-0.2, 0) is 10.0 Å². The smallest absolute Gasteiger partial charge is 0.339 e. The Morgan fingerprint density at radius 2 is 2.11 bits per heavy atom. The van der Waals surface area contributed by atoms with E-state index >= 15 is 0 Å². The number of aromatic carboxylic acids is 1. The molecular weight excluding hydrogens is 270 g/mol. The average molecular weight is 285 g/mol. The Labute approximate surface area is 111 Å². The quantitative estimate of drug-likeness (QED) is 0.865. The Morgan fingerprint density at radius 1 is 1.37 bits per heavy atom. The molecule has 1 aromatic rings. The zero-order valence-electron chi connectivity index (χ0n) is 10.3. The zero-order chi connectivity index (χ0) is 13.9. The van der Waals surface area contributed by atoms with E-state index in [4.69, 9.17) is 9.84 Å². The van der Waals surface area contributed by atoms with Gasteiger partial charge in [-0.3, -0.25) is 0 Å². The van der Waals surface area contributed by atoms with Crippen LogP contribution in [-0.4, -0.2) is 49.2 Å². The lowest BCUT2D eigenvalue weighted by atomic mass is 10.2. The molecule has 1 aliphatic rings. The fourth-order valence-electron chi connectivity index (χ4n) is 1.97. The second-order valence-electron chi connectivity index (χ2n) is 4.22. The zero-order valence-corrected chi connectivity index (χ0v) is 11.1. The van der Waals surface area contributed by atoms with Crippen molar-refractivity contribution in [1.82, 2.24) is 4.31 Å². The molecule has 7 heteroatoms. The molecule has 0 saturated carbocycles. The fourth-order valence-corrected chi connectivity index (χ4v) is 3.48. The first-order valence-corrected chi connectivity index (χ1v) is 7.54. The van der Waals surface area contributed by atoms with Gasteiger partial charge in [-0.2, -0.15) is 4.31 Å². The van der Waals surface area contributed by atoms with Crippen LogP contribution in [0.3, 0.4) is 0 Å². The molecule has 0 radical (unpaired) electrons. The van der Waals surface area contributed by atoms with Gasteiger partial charge in [0.2, 0.25) is 10.0 Å². The van der Waals surface area contributed by atoms with Gasteiger partial charge >= 0.3 is 5.97 Å². The summed E-state index contributed by atoms with van der Waals surface area (Å²) in [6.45, 7) is 0.895. The van der Waals surface area contributed by atoms with Gasteiger partial charge in [0.25, 0.3) is 0 Å². The van der Waals surface area contributed by atoms with E-state index in [1.165, 1.54) is 10.4 Å². The van der Waals surface area contributed by atoms with Crippen molar-refractivity contribution in [2.75, 3.05) is 25.4 Å². The van der Waals surface area contributed by atoms with Crippen LogP contribution < -0.4 is 4.74 Å². The van der Waals surface area contributed by atoms with Crippen LogP contribution in [0.1, 0.15) is 16.8 Å². The van der Waals surface area contributed by atoms with Gasteiger partial charge < -0.3 is 9.84 Å². The Hall–Kier alpha value is -1.60. The fraction of sp³-hybridized carbons (Fsp3) is 0.417. The van der Waals surface area contributed by atoms with Gasteiger partial charge in [-0.25, -0.2) is 13.2 Å². The van der Waals surface area contributed by atoms with Crippen molar-refractivity contribution in [2.24, 2.45) is 0 Å². The highest BCUT2D eigenvalue weighted by Crippen LogP contribution is 2.18. The molecule has 6 nitrogen and oxygen atoms in total. The lowest BCUT2D eigenvalue weighted by molar-refractivity contribution is 0.0692. The first-order chi connectivity index (χ1) is 9.00. The molecule has 1 heterocycles. The van der Waals surface area contributed by atoms with E-state index in [9.17, 15) is 13.2 Å². The van der Waals surface area contributed by atoms with Crippen LogP contribution in [0.5, 0.6) is 5.75 Å². The summed E-state index contributed by atoms with van der Waals surface area (Å²) < 4.78 is 29.8. The first kappa shape index (κ1) is 13.8. The Balaban J connectivity index is 1.95. The van der Waals surface area contributed by atoms with E-state index in [2.05, 4.69) is 0 Å². The summed E-state index contributed by atoms with van der Waals surface area (Å²) in [4.78, 5) is 11.0. The summed E-state index contributed by atoms with van der Waals surface area (Å²) in [6.07, 6.45) is 0.633. The maximum absolute atomic E-state index is 11.6. The molecule has 0 bridgehead atoms. The first-order valence-electron chi connectivity index (χ1n) is 5.93. The normalized spacial score (nSPS) is 18.3. The van der Waals surface area contributed by atoms with E-state index < -0.39 is 16.0 Å². The Bertz CT molecular complexity index is 569. The predicted molar refractivity (Wildman–Crippen MR) is 68.9 cm³/mol. The van der Waals surface area contributed by atoms with Crippen molar-refractivity contribution >= 4 is 16.0 Å². The molecular formula is C12H15NO5S. The summed E-state index contributed by atoms with van der Waals surface area (Å²) in [6, 6.07) is 6.29. The summed E-state index contributed by atoms with van der Waals surface area (Å²) in [5.74, 6) is -0.630. The molecule has 0 spiro atoms. The SMILES string of the molecule is O=C(O)c1ccccc1OCCN1CCCS1(=O)=O. The van der Waals surface area contributed by atoms with Gasteiger partial charge in [0.15, 0.2) is 0 Å². The van der Waals surface area contributed by atoms with Crippen molar-refractivity contribution in [3.05, 3.63) is 29.8 Å². The van der Waals surface area contributed by atoms with Gasteiger partial charge in [-0.05, 0) is 18.6 Å². The minimum atomic E-state index is -3.13. The van der Waals surface area contributed by atoms with Crippen molar-refractivity contribution in [3.8, 4) is 5.75 Å². The lowest BCUT2D eigenvalue weighted by Crippen LogP contribution is -2.30. The van der Waals surface area contributed by atoms with Gasteiger partial charge in [0, 0.05) is 13.1 Å². The van der Waals surface area contributed by atoms with Gasteiger partial charge in [0.1, 0.15) is 17.9 Å². The molecule has 2 rings (SSSR count). The topological polar surface area (TPSA) is 83.9 Å². The molecule has 0 atom stereocenters. The summed E-state index contributed by atoms with van der Waals surface area (Å²) in [5, 5.41) is 8.97. The van der Waals surface area contributed by atoms with E-state index in [0.717, 1.165) is 0 Å². The molecule has 1 saturated heterocycles. The number of hydrogen-bond acceptors (Lipinski definition) is 4. The molecule has 0 aromatic heterocycles. The second kappa shape index (κ2) is 5.58. The van der Waals surface area contributed by atoms with Crippen LogP contribution in [0.15, 0.2) is 24.3 Å². The number of ether oxygens (including phenoxy) is 1. The molecule has 1 fully saturated rings. The molecule has 104 valence electrons. The third-order valence-electron chi connectivity index (χ3n) is 2.92. The summed E-state index contributed by atoms with van der Waals surface area (Å²) in [7, 11) is -3.13. The molecule has 0 aliphatic carbocycles. The minimum Gasteiger partial charge on any atom is -0.491 e. The van der Waals surface area contributed by atoms with Crippen molar-refractivity contribution < 1.29 is 23.1 Å². The molecule has 1 aromatic carbocycles. The highest BCUT2D eigenvalue weighted by Gasteiger charge is 2.27. The molecule has 1 aliphatic heterocycles. The lowest BCUT2D eigenvalue weighted by Gasteiger charge is -2.15. The van der Waals surface area contributed by atoms with Crippen LogP contribution in [0.4, 0.5) is 0 Å². The summed E-state index contributed by atoms with van der Waals surface area (Å²) in [5.41, 5.74) is 0.0757.